The summed E-state index contributed by atoms with van der Waals surface area (Å²) in [6.07, 6.45) is 2.84. The molecule has 80 valence electrons. The lowest BCUT2D eigenvalue weighted by Gasteiger charge is -2.02. The molecule has 0 radical (unpaired) electrons. The fourth-order valence-electron chi connectivity index (χ4n) is 0.874. The lowest BCUT2D eigenvalue weighted by Crippen LogP contribution is -2.28. The Morgan fingerprint density at radius 3 is 3.07 bits per heavy atom. The molecule has 0 saturated heterocycles. The maximum absolute atomic E-state index is 11.2. The maximum Gasteiger partial charge on any atom is 0.228 e. The molecule has 1 amide bonds. The number of amides is 1. The van der Waals surface area contributed by atoms with E-state index in [-0.39, 0.29) is 18.2 Å². The average molecular weight is 209 g/mol. The van der Waals surface area contributed by atoms with E-state index < -0.39 is 0 Å². The third kappa shape index (κ3) is 4.03. The third-order valence-electron chi connectivity index (χ3n) is 1.58. The highest BCUT2D eigenvalue weighted by atomic mass is 16.4. The van der Waals surface area contributed by atoms with Gasteiger partial charge in [0.25, 0.3) is 0 Å². The molecule has 0 fully saturated rings. The summed E-state index contributed by atoms with van der Waals surface area (Å²) < 4.78 is 0. The van der Waals surface area contributed by atoms with Gasteiger partial charge >= 0.3 is 0 Å². The van der Waals surface area contributed by atoms with E-state index in [1.54, 1.807) is 12.3 Å². The van der Waals surface area contributed by atoms with Gasteiger partial charge in [-0.25, -0.2) is 9.97 Å². The Labute approximate surface area is 86.0 Å². The van der Waals surface area contributed by atoms with Crippen molar-refractivity contribution in [2.75, 3.05) is 0 Å². The van der Waals surface area contributed by atoms with Crippen LogP contribution in [0.2, 0.25) is 0 Å². The highest BCUT2D eigenvalue weighted by Crippen LogP contribution is 1.90. The quantitative estimate of drug-likeness (QED) is 0.261. The van der Waals surface area contributed by atoms with Gasteiger partial charge < -0.3 is 16.3 Å². The number of carbonyl (C=O) groups is 1. The molecule has 15 heavy (non-hydrogen) atoms. The zero-order valence-electron chi connectivity index (χ0n) is 7.92. The molecule has 1 rings (SSSR count). The van der Waals surface area contributed by atoms with E-state index in [1.807, 2.05) is 0 Å². The number of nitrogens with zero attached hydrogens (tertiary/aromatic N) is 3. The molecule has 0 atom stereocenters. The van der Waals surface area contributed by atoms with E-state index in [2.05, 4.69) is 20.4 Å². The lowest BCUT2D eigenvalue weighted by atomic mass is 10.3. The number of aromatic nitrogens is 2. The number of nitrogens with one attached hydrogen (secondary N) is 1. The second-order valence-corrected chi connectivity index (χ2v) is 2.75. The van der Waals surface area contributed by atoms with Crippen molar-refractivity contribution in [2.24, 2.45) is 10.9 Å². The molecule has 0 aliphatic rings. The van der Waals surface area contributed by atoms with Gasteiger partial charge in [0.05, 0.1) is 18.7 Å². The summed E-state index contributed by atoms with van der Waals surface area (Å²) in [5.41, 5.74) is 5.85. The minimum atomic E-state index is -0.330. The van der Waals surface area contributed by atoms with Gasteiger partial charge in [-0.1, -0.05) is 5.16 Å². The van der Waals surface area contributed by atoms with Gasteiger partial charge in [0.2, 0.25) is 5.91 Å². The van der Waals surface area contributed by atoms with Gasteiger partial charge in [-0.15, -0.1) is 0 Å². The summed E-state index contributed by atoms with van der Waals surface area (Å²) >= 11 is 0. The van der Waals surface area contributed by atoms with Crippen LogP contribution in [0.3, 0.4) is 0 Å². The fraction of sp³-hybridized carbons (Fsp3) is 0.250. The summed E-state index contributed by atoms with van der Waals surface area (Å²) in [6.45, 7) is 0.292. The number of hydrogen-bond acceptors (Lipinski definition) is 5. The second-order valence-electron chi connectivity index (χ2n) is 2.75. The third-order valence-corrected chi connectivity index (χ3v) is 1.58. The molecule has 1 aromatic heterocycles. The molecule has 0 aromatic carbocycles. The average Bonchev–Trinajstić information content (AvgIpc) is 2.27. The van der Waals surface area contributed by atoms with E-state index in [1.165, 1.54) is 6.33 Å². The first kappa shape index (κ1) is 10.9. The molecule has 7 heteroatoms. The monoisotopic (exact) mass is 209 g/mol. The van der Waals surface area contributed by atoms with Crippen LogP contribution >= 0.6 is 0 Å². The van der Waals surface area contributed by atoms with Crippen molar-refractivity contribution in [2.45, 2.75) is 13.0 Å². The van der Waals surface area contributed by atoms with Crippen LogP contribution in [0.15, 0.2) is 23.7 Å². The summed E-state index contributed by atoms with van der Waals surface area (Å²) in [5.74, 6) is -0.459. The van der Waals surface area contributed by atoms with Crippen LogP contribution in [0, 0.1) is 0 Å². The molecule has 1 aromatic rings. The molecular weight excluding hydrogens is 198 g/mol. The molecule has 7 nitrogen and oxygen atoms in total. The van der Waals surface area contributed by atoms with Gasteiger partial charge in [-0.2, -0.15) is 0 Å². The maximum atomic E-state index is 11.2. The molecule has 4 N–H and O–H groups in total. The summed E-state index contributed by atoms with van der Waals surface area (Å²) in [5, 5.41) is 13.5. The van der Waals surface area contributed by atoms with Crippen LogP contribution in [0.5, 0.6) is 0 Å². The molecule has 0 bridgehead atoms. The van der Waals surface area contributed by atoms with E-state index in [4.69, 9.17) is 10.9 Å². The Morgan fingerprint density at radius 1 is 1.67 bits per heavy atom. The molecule has 0 saturated carbocycles. The minimum absolute atomic E-state index is 0.129. The van der Waals surface area contributed by atoms with E-state index in [0.717, 1.165) is 0 Å². The molecule has 0 aliphatic carbocycles. The van der Waals surface area contributed by atoms with Crippen LogP contribution in [0.1, 0.15) is 12.1 Å². The number of oxime groups is 1. The van der Waals surface area contributed by atoms with Crippen LogP contribution in [0.4, 0.5) is 0 Å². The van der Waals surface area contributed by atoms with Crippen molar-refractivity contribution in [3.05, 3.63) is 24.3 Å². The summed E-state index contributed by atoms with van der Waals surface area (Å²) in [6, 6.07) is 1.68. The predicted molar refractivity (Wildman–Crippen MR) is 51.9 cm³/mol. The smallest absolute Gasteiger partial charge is 0.228 e. The lowest BCUT2D eigenvalue weighted by molar-refractivity contribution is -0.120. The summed E-state index contributed by atoms with van der Waals surface area (Å²) in [4.78, 5) is 18.8. The van der Waals surface area contributed by atoms with Gasteiger partial charge in [-0.05, 0) is 6.07 Å². The first-order chi connectivity index (χ1) is 7.22. The molecular formula is C8H11N5O2. The molecule has 1 heterocycles. The van der Waals surface area contributed by atoms with E-state index in [9.17, 15) is 4.79 Å². The van der Waals surface area contributed by atoms with Gasteiger partial charge in [0, 0.05) is 6.20 Å². The van der Waals surface area contributed by atoms with Gasteiger partial charge in [0.1, 0.15) is 12.2 Å². The second kappa shape index (κ2) is 5.53. The summed E-state index contributed by atoms with van der Waals surface area (Å²) in [7, 11) is 0. The van der Waals surface area contributed by atoms with Crippen LogP contribution < -0.4 is 11.1 Å². The Hall–Kier alpha value is -2.18. The Kier molecular flexibility index (Phi) is 4.02. The normalized spacial score (nSPS) is 11.1. The number of carbonyl (C=O) groups excluding carboxylic acids is 1. The van der Waals surface area contributed by atoms with Crippen LogP contribution in [-0.4, -0.2) is 26.9 Å². The zero-order valence-corrected chi connectivity index (χ0v) is 7.92. The molecule has 0 unspecified atom stereocenters. The highest BCUT2D eigenvalue weighted by Gasteiger charge is 2.04. The van der Waals surface area contributed by atoms with Crippen molar-refractivity contribution >= 4 is 11.7 Å². The minimum Gasteiger partial charge on any atom is -0.409 e. The Morgan fingerprint density at radius 2 is 2.47 bits per heavy atom. The predicted octanol–water partition coefficient (Wildman–Crippen LogP) is -0.771. The number of hydrogen-bond donors (Lipinski definition) is 3. The molecule has 0 aliphatic heterocycles. The first-order valence-corrected chi connectivity index (χ1v) is 4.20. The van der Waals surface area contributed by atoms with Crippen molar-refractivity contribution in [1.29, 1.82) is 0 Å². The van der Waals surface area contributed by atoms with Crippen molar-refractivity contribution in [3.8, 4) is 0 Å². The van der Waals surface area contributed by atoms with Crippen LogP contribution in [-0.2, 0) is 11.3 Å². The highest BCUT2D eigenvalue weighted by molar-refractivity contribution is 5.98. The van der Waals surface area contributed by atoms with Gasteiger partial charge in [-0.3, -0.25) is 4.79 Å². The number of rotatable bonds is 4. The van der Waals surface area contributed by atoms with Crippen molar-refractivity contribution in [3.63, 3.8) is 0 Å². The van der Waals surface area contributed by atoms with Crippen LogP contribution in [0.25, 0.3) is 0 Å². The largest absolute Gasteiger partial charge is 0.409 e. The van der Waals surface area contributed by atoms with E-state index in [0.29, 0.717) is 12.2 Å². The standard InChI is InChI=1S/C8H11N5O2/c9-7(13-15)3-8(14)11-4-6-1-2-10-5-12-6/h1-2,5,15H,3-4H2,(H2,9,13)(H,11,14). The number of nitrogens with two attached hydrogens (primary N) is 1. The zero-order chi connectivity index (χ0) is 11.1. The number of amidine groups is 1. The Balaban J connectivity index is 2.35. The SMILES string of the molecule is N/C(CC(=O)NCc1ccncn1)=N/O. The van der Waals surface area contributed by atoms with Crippen molar-refractivity contribution < 1.29 is 10.0 Å². The fourth-order valence-corrected chi connectivity index (χ4v) is 0.874. The van der Waals surface area contributed by atoms with Gasteiger partial charge in [0.15, 0.2) is 0 Å². The Bertz CT molecular complexity index is 351. The van der Waals surface area contributed by atoms with E-state index >= 15 is 0 Å². The molecule has 0 spiro atoms. The first-order valence-electron chi connectivity index (χ1n) is 4.20. The topological polar surface area (TPSA) is 113 Å². The van der Waals surface area contributed by atoms with Crippen molar-refractivity contribution in [1.82, 2.24) is 15.3 Å².